The highest BCUT2D eigenvalue weighted by atomic mass is 19.2. The summed E-state index contributed by atoms with van der Waals surface area (Å²) in [5.41, 5.74) is -1.09. The summed E-state index contributed by atoms with van der Waals surface area (Å²) in [5.74, 6) is -4.98. The van der Waals surface area contributed by atoms with E-state index in [9.17, 15) is 22.8 Å². The zero-order valence-electron chi connectivity index (χ0n) is 10.2. The maximum Gasteiger partial charge on any atom is 0.228 e. The minimum Gasteiger partial charge on any atom is -0.346 e. The van der Waals surface area contributed by atoms with E-state index in [2.05, 4.69) is 5.32 Å². The highest BCUT2D eigenvalue weighted by Crippen LogP contribution is 2.47. The summed E-state index contributed by atoms with van der Waals surface area (Å²) in [6.07, 6.45) is 0.546. The molecule has 3 nitrogen and oxygen atoms in total. The van der Waals surface area contributed by atoms with Crippen molar-refractivity contribution in [1.82, 2.24) is 5.32 Å². The number of ketones is 1. The van der Waals surface area contributed by atoms with Gasteiger partial charge in [-0.2, -0.15) is 0 Å². The van der Waals surface area contributed by atoms with Crippen molar-refractivity contribution in [1.29, 1.82) is 0 Å². The van der Waals surface area contributed by atoms with Crippen molar-refractivity contribution < 1.29 is 22.8 Å². The van der Waals surface area contributed by atoms with Gasteiger partial charge in [0.1, 0.15) is 5.78 Å². The Bertz CT molecular complexity index is 553. The van der Waals surface area contributed by atoms with Crippen molar-refractivity contribution >= 4 is 11.7 Å². The van der Waals surface area contributed by atoms with Crippen LogP contribution >= 0.6 is 0 Å². The van der Waals surface area contributed by atoms with Gasteiger partial charge in [-0.25, -0.2) is 13.2 Å². The van der Waals surface area contributed by atoms with Gasteiger partial charge in [-0.05, 0) is 25.8 Å². The van der Waals surface area contributed by atoms with Gasteiger partial charge in [0.2, 0.25) is 5.91 Å². The van der Waals surface area contributed by atoms with E-state index in [0.29, 0.717) is 12.8 Å². The second kappa shape index (κ2) is 4.68. The molecule has 1 aromatic carbocycles. The van der Waals surface area contributed by atoms with E-state index >= 15 is 0 Å². The van der Waals surface area contributed by atoms with Crippen LogP contribution in [0.25, 0.3) is 0 Å². The van der Waals surface area contributed by atoms with Crippen LogP contribution in [0.1, 0.15) is 31.7 Å². The van der Waals surface area contributed by atoms with Gasteiger partial charge in [0.15, 0.2) is 17.5 Å². The molecule has 0 aromatic heterocycles. The lowest BCUT2D eigenvalue weighted by Crippen LogP contribution is -2.36. The number of amides is 1. The number of carbonyl (C=O) groups is 2. The molecule has 1 aliphatic carbocycles. The van der Waals surface area contributed by atoms with E-state index in [-0.39, 0.29) is 17.8 Å². The van der Waals surface area contributed by atoms with Crippen LogP contribution in [0.2, 0.25) is 0 Å². The van der Waals surface area contributed by atoms with Gasteiger partial charge in [-0.15, -0.1) is 0 Å². The zero-order valence-corrected chi connectivity index (χ0v) is 10.2. The van der Waals surface area contributed by atoms with Gasteiger partial charge in [0.05, 0.1) is 12.0 Å². The SMILES string of the molecule is CC(=O)CC(=O)NC1(c2ccc(F)c(F)c2F)CC1. The molecule has 1 saturated carbocycles. The Morgan fingerprint density at radius 1 is 1.21 bits per heavy atom. The average Bonchev–Trinajstić information content (AvgIpc) is 3.05. The number of rotatable bonds is 4. The first kappa shape index (κ1) is 13.6. The lowest BCUT2D eigenvalue weighted by molar-refractivity contribution is -0.127. The first-order chi connectivity index (χ1) is 8.85. The number of halogens is 3. The van der Waals surface area contributed by atoms with Crippen molar-refractivity contribution in [2.75, 3.05) is 0 Å². The summed E-state index contributed by atoms with van der Waals surface area (Å²) in [6, 6.07) is 1.94. The molecule has 102 valence electrons. The number of Topliss-reactive ketones (excluding diaryl/α,β-unsaturated/α-hetero) is 1. The monoisotopic (exact) mass is 271 g/mol. The molecule has 1 fully saturated rings. The Labute approximate surface area is 107 Å². The normalized spacial score (nSPS) is 16.0. The number of benzene rings is 1. The van der Waals surface area contributed by atoms with E-state index in [4.69, 9.17) is 0 Å². The smallest absolute Gasteiger partial charge is 0.228 e. The van der Waals surface area contributed by atoms with Crippen LogP contribution in [0, 0.1) is 17.5 Å². The minimum absolute atomic E-state index is 0.0803. The third-order valence-corrected chi connectivity index (χ3v) is 3.09. The van der Waals surface area contributed by atoms with Crippen molar-refractivity contribution in [3.8, 4) is 0 Å². The van der Waals surface area contributed by atoms with E-state index < -0.39 is 28.9 Å². The molecule has 19 heavy (non-hydrogen) atoms. The molecule has 0 unspecified atom stereocenters. The fraction of sp³-hybridized carbons (Fsp3) is 0.385. The van der Waals surface area contributed by atoms with Gasteiger partial charge in [0.25, 0.3) is 0 Å². The summed E-state index contributed by atoms with van der Waals surface area (Å²) < 4.78 is 39.7. The maximum absolute atomic E-state index is 13.7. The molecular weight excluding hydrogens is 259 g/mol. The first-order valence-corrected chi connectivity index (χ1v) is 5.80. The largest absolute Gasteiger partial charge is 0.346 e. The minimum atomic E-state index is -1.55. The Balaban J connectivity index is 2.24. The zero-order chi connectivity index (χ0) is 14.2. The molecule has 0 aliphatic heterocycles. The van der Waals surface area contributed by atoms with Crippen molar-refractivity contribution in [2.24, 2.45) is 0 Å². The molecule has 0 spiro atoms. The standard InChI is InChI=1S/C13H12F3NO2/c1-7(18)6-10(19)17-13(4-5-13)8-2-3-9(14)12(16)11(8)15/h2-3H,4-6H2,1H3,(H,17,19). The Hall–Kier alpha value is -1.85. The number of carbonyl (C=O) groups excluding carboxylic acids is 2. The summed E-state index contributed by atoms with van der Waals surface area (Å²) in [5, 5.41) is 2.51. The van der Waals surface area contributed by atoms with E-state index in [1.165, 1.54) is 6.92 Å². The maximum atomic E-state index is 13.7. The predicted octanol–water partition coefficient (Wildman–Crippen LogP) is 2.19. The topological polar surface area (TPSA) is 46.2 Å². The Morgan fingerprint density at radius 2 is 1.84 bits per heavy atom. The third kappa shape index (κ3) is 2.62. The van der Waals surface area contributed by atoms with Crippen LogP contribution in [0.3, 0.4) is 0 Å². The number of nitrogens with one attached hydrogen (secondary N) is 1. The molecule has 6 heteroatoms. The fourth-order valence-electron chi connectivity index (χ4n) is 2.02. The third-order valence-electron chi connectivity index (χ3n) is 3.09. The van der Waals surface area contributed by atoms with Crippen LogP contribution in [0.4, 0.5) is 13.2 Å². The average molecular weight is 271 g/mol. The van der Waals surface area contributed by atoms with Crippen LogP contribution in [-0.2, 0) is 15.1 Å². The van der Waals surface area contributed by atoms with Crippen LogP contribution in [-0.4, -0.2) is 11.7 Å². The van der Waals surface area contributed by atoms with Crippen molar-refractivity contribution in [2.45, 2.75) is 31.7 Å². The summed E-state index contributed by atoms with van der Waals surface area (Å²) in [4.78, 5) is 22.3. The quantitative estimate of drug-likeness (QED) is 0.674. The molecular formula is C13H12F3NO2. The number of hydrogen-bond donors (Lipinski definition) is 1. The van der Waals surface area contributed by atoms with Crippen LogP contribution in [0.15, 0.2) is 12.1 Å². The van der Waals surface area contributed by atoms with Gasteiger partial charge >= 0.3 is 0 Å². The van der Waals surface area contributed by atoms with Gasteiger partial charge < -0.3 is 5.32 Å². The lowest BCUT2D eigenvalue weighted by atomic mass is 10.0. The van der Waals surface area contributed by atoms with Gasteiger partial charge in [-0.3, -0.25) is 9.59 Å². The van der Waals surface area contributed by atoms with Crippen molar-refractivity contribution in [3.63, 3.8) is 0 Å². The Kier molecular flexibility index (Phi) is 3.34. The van der Waals surface area contributed by atoms with E-state index in [1.807, 2.05) is 0 Å². The lowest BCUT2D eigenvalue weighted by Gasteiger charge is -2.18. The summed E-state index contributed by atoms with van der Waals surface area (Å²) >= 11 is 0. The first-order valence-electron chi connectivity index (χ1n) is 5.80. The summed E-state index contributed by atoms with van der Waals surface area (Å²) in [7, 11) is 0. The fourth-order valence-corrected chi connectivity index (χ4v) is 2.02. The van der Waals surface area contributed by atoms with Gasteiger partial charge in [-0.1, -0.05) is 6.07 Å². The molecule has 0 saturated heterocycles. The highest BCUT2D eigenvalue weighted by molar-refractivity contribution is 5.97. The van der Waals surface area contributed by atoms with E-state index in [0.717, 1.165) is 12.1 Å². The number of hydrogen-bond acceptors (Lipinski definition) is 2. The molecule has 0 bridgehead atoms. The summed E-state index contributed by atoms with van der Waals surface area (Å²) in [6.45, 7) is 1.26. The molecule has 1 aromatic rings. The molecule has 1 N–H and O–H groups in total. The van der Waals surface area contributed by atoms with Crippen LogP contribution in [0.5, 0.6) is 0 Å². The molecule has 2 rings (SSSR count). The molecule has 0 atom stereocenters. The highest BCUT2D eigenvalue weighted by Gasteiger charge is 2.48. The second-order valence-corrected chi connectivity index (χ2v) is 4.73. The van der Waals surface area contributed by atoms with Crippen LogP contribution < -0.4 is 5.32 Å². The van der Waals surface area contributed by atoms with Gasteiger partial charge in [0, 0.05) is 5.56 Å². The van der Waals surface area contributed by atoms with E-state index in [1.54, 1.807) is 0 Å². The molecule has 0 heterocycles. The molecule has 1 aliphatic rings. The second-order valence-electron chi connectivity index (χ2n) is 4.73. The molecule has 0 radical (unpaired) electrons. The van der Waals surface area contributed by atoms with Crippen molar-refractivity contribution in [3.05, 3.63) is 35.1 Å². The molecule has 1 amide bonds. The predicted molar refractivity (Wildman–Crippen MR) is 60.7 cm³/mol. The Morgan fingerprint density at radius 3 is 2.37 bits per heavy atom.